The number of fused-ring (bicyclic) bond motifs is 1. The van der Waals surface area contributed by atoms with Crippen molar-refractivity contribution in [2.24, 2.45) is 11.1 Å². The lowest BCUT2D eigenvalue weighted by molar-refractivity contribution is 0.102. The summed E-state index contributed by atoms with van der Waals surface area (Å²) in [6.45, 7) is 1.90. The fourth-order valence-electron chi connectivity index (χ4n) is 1.98. The summed E-state index contributed by atoms with van der Waals surface area (Å²) in [6.07, 6.45) is 5.57. The number of rotatable bonds is 2. The van der Waals surface area contributed by atoms with Crippen molar-refractivity contribution in [1.29, 1.82) is 0 Å². The molecule has 0 aromatic carbocycles. The Morgan fingerprint density at radius 1 is 1.44 bits per heavy atom. The maximum atomic E-state index is 11.0. The first kappa shape index (κ1) is 13.4. The molecular formula is C11H14ClNO4S. The number of ether oxygens (including phenoxy) is 1. The van der Waals surface area contributed by atoms with Gasteiger partial charge in [0.1, 0.15) is 11.9 Å². The Morgan fingerprint density at radius 3 is 2.83 bits per heavy atom. The normalized spacial score (nSPS) is 30.1. The van der Waals surface area contributed by atoms with Gasteiger partial charge >= 0.3 is 10.1 Å². The third-order valence-electron chi connectivity index (χ3n) is 2.70. The number of oxime groups is 1. The Kier molecular flexibility index (Phi) is 3.68. The van der Waals surface area contributed by atoms with Crippen LogP contribution in [0.5, 0.6) is 0 Å². The summed E-state index contributed by atoms with van der Waals surface area (Å²) in [4.78, 5) is 0. The van der Waals surface area contributed by atoms with Crippen LogP contribution < -0.4 is 0 Å². The molecule has 0 saturated carbocycles. The number of nitrogens with zero attached hydrogens (tertiary/aromatic N) is 1. The molecule has 0 aromatic heterocycles. The highest BCUT2D eigenvalue weighted by Gasteiger charge is 2.33. The largest absolute Gasteiger partial charge is 0.494 e. The van der Waals surface area contributed by atoms with E-state index in [-0.39, 0.29) is 12.0 Å². The minimum absolute atomic E-state index is 0.0558. The molecule has 2 aliphatic rings. The summed E-state index contributed by atoms with van der Waals surface area (Å²) in [5, 5.41) is 4.43. The van der Waals surface area contributed by atoms with E-state index in [1.165, 1.54) is 0 Å². The topological polar surface area (TPSA) is 65.0 Å². The quantitative estimate of drug-likeness (QED) is 0.731. The Labute approximate surface area is 111 Å². The van der Waals surface area contributed by atoms with Gasteiger partial charge in [-0.15, -0.1) is 0 Å². The van der Waals surface area contributed by atoms with Crippen LogP contribution in [0.4, 0.5) is 0 Å². The Hall–Kier alpha value is -1.01. The zero-order chi connectivity index (χ0) is 13.3. The number of hydrogen-bond acceptors (Lipinski definition) is 5. The molecule has 18 heavy (non-hydrogen) atoms. The van der Waals surface area contributed by atoms with Crippen molar-refractivity contribution < 1.29 is 17.4 Å². The fraction of sp³-hybridized carbons (Fsp3) is 0.545. The number of hydrogen-bond donors (Lipinski definition) is 0. The summed E-state index contributed by atoms with van der Waals surface area (Å²) in [6, 6.07) is 0. The molecular weight excluding hydrogens is 278 g/mol. The van der Waals surface area contributed by atoms with Crippen LogP contribution in [0.3, 0.4) is 0 Å². The maximum absolute atomic E-state index is 11.0. The van der Waals surface area contributed by atoms with E-state index in [1.807, 2.05) is 6.92 Å². The van der Waals surface area contributed by atoms with E-state index < -0.39 is 10.1 Å². The molecule has 1 fully saturated rings. The van der Waals surface area contributed by atoms with Gasteiger partial charge < -0.3 is 4.74 Å². The first-order chi connectivity index (χ1) is 8.35. The summed E-state index contributed by atoms with van der Waals surface area (Å²) in [5.41, 5.74) is 0.650. The molecule has 1 aliphatic carbocycles. The van der Waals surface area contributed by atoms with Crippen molar-refractivity contribution in [3.8, 4) is 0 Å². The van der Waals surface area contributed by atoms with E-state index in [9.17, 15) is 8.42 Å². The molecule has 100 valence electrons. The van der Waals surface area contributed by atoms with Crippen molar-refractivity contribution >= 4 is 27.4 Å². The Bertz CT molecular complexity index is 535. The molecule has 0 radical (unpaired) electrons. The summed E-state index contributed by atoms with van der Waals surface area (Å²) >= 11 is 5.98. The van der Waals surface area contributed by atoms with Gasteiger partial charge in [0.15, 0.2) is 0 Å². The second-order valence-corrected chi connectivity index (χ2v) is 6.48. The molecule has 2 atom stereocenters. The van der Waals surface area contributed by atoms with Gasteiger partial charge in [0.05, 0.1) is 17.9 Å². The average Bonchev–Trinajstić information content (AvgIpc) is 2.25. The van der Waals surface area contributed by atoms with Crippen LogP contribution >= 0.6 is 11.6 Å². The van der Waals surface area contributed by atoms with Crippen LogP contribution in [0.15, 0.2) is 28.1 Å². The molecule has 5 nitrogen and oxygen atoms in total. The smallest absolute Gasteiger partial charge is 0.325 e. The fourth-order valence-corrected chi connectivity index (χ4v) is 2.43. The summed E-state index contributed by atoms with van der Waals surface area (Å²) in [7, 11) is -3.59. The summed E-state index contributed by atoms with van der Waals surface area (Å²) in [5.74, 6) is 0.634. The van der Waals surface area contributed by atoms with Crippen LogP contribution in [-0.4, -0.2) is 26.5 Å². The molecule has 1 aliphatic heterocycles. The molecule has 0 amide bonds. The number of halogens is 1. The third-order valence-corrected chi connectivity index (χ3v) is 3.32. The van der Waals surface area contributed by atoms with Gasteiger partial charge in [-0.25, -0.2) is 0 Å². The van der Waals surface area contributed by atoms with Crippen molar-refractivity contribution in [3.63, 3.8) is 0 Å². The van der Waals surface area contributed by atoms with E-state index in [0.29, 0.717) is 23.6 Å². The molecule has 0 bridgehead atoms. The molecule has 0 N–H and O–H groups in total. The molecule has 0 spiro atoms. The van der Waals surface area contributed by atoms with Gasteiger partial charge in [0.2, 0.25) is 0 Å². The van der Waals surface area contributed by atoms with Crippen LogP contribution in [0.1, 0.15) is 19.8 Å². The number of allylic oxidation sites excluding steroid dienone is 4. The molecule has 0 aromatic rings. The van der Waals surface area contributed by atoms with E-state index >= 15 is 0 Å². The van der Waals surface area contributed by atoms with Crippen LogP contribution in [0.25, 0.3) is 0 Å². The van der Waals surface area contributed by atoms with Crippen molar-refractivity contribution in [2.75, 3.05) is 6.26 Å². The zero-order valence-corrected chi connectivity index (χ0v) is 11.7. The highest BCUT2D eigenvalue weighted by molar-refractivity contribution is 7.85. The lowest BCUT2D eigenvalue weighted by Crippen LogP contribution is -2.32. The monoisotopic (exact) mass is 291 g/mol. The van der Waals surface area contributed by atoms with Gasteiger partial charge in [-0.1, -0.05) is 16.8 Å². The van der Waals surface area contributed by atoms with Gasteiger partial charge in [0.25, 0.3) is 0 Å². The highest BCUT2D eigenvalue weighted by atomic mass is 35.5. The molecule has 1 saturated heterocycles. The van der Waals surface area contributed by atoms with E-state index in [1.54, 1.807) is 12.2 Å². The minimum atomic E-state index is -3.59. The first-order valence-electron chi connectivity index (χ1n) is 5.53. The lowest BCUT2D eigenvalue weighted by atomic mass is 9.88. The van der Waals surface area contributed by atoms with Gasteiger partial charge in [-0.2, -0.15) is 8.42 Å². The Morgan fingerprint density at radius 2 is 2.17 bits per heavy atom. The van der Waals surface area contributed by atoms with Gasteiger partial charge in [-0.3, -0.25) is 4.28 Å². The summed E-state index contributed by atoms with van der Waals surface area (Å²) < 4.78 is 32.1. The maximum Gasteiger partial charge on any atom is 0.325 e. The standard InChI is InChI=1S/C11H14ClNO4S/c1-7-5-10(13-17-18(2,14)15)9-6-8(12)3-4-11(9)16-7/h3-4,7,9H,5-6H2,1-2H3/b13-10+. The molecule has 1 heterocycles. The zero-order valence-electron chi connectivity index (χ0n) is 10.1. The predicted molar refractivity (Wildman–Crippen MR) is 68.7 cm³/mol. The Balaban J connectivity index is 2.25. The van der Waals surface area contributed by atoms with Gasteiger partial charge in [-0.05, 0) is 25.5 Å². The van der Waals surface area contributed by atoms with Crippen molar-refractivity contribution in [2.45, 2.75) is 25.9 Å². The van der Waals surface area contributed by atoms with Crippen molar-refractivity contribution in [3.05, 3.63) is 22.9 Å². The van der Waals surface area contributed by atoms with E-state index in [2.05, 4.69) is 9.44 Å². The van der Waals surface area contributed by atoms with E-state index in [4.69, 9.17) is 16.3 Å². The molecule has 7 heteroatoms. The molecule has 2 rings (SSSR count). The highest BCUT2D eigenvalue weighted by Crippen LogP contribution is 2.35. The molecule has 2 unspecified atom stereocenters. The third kappa shape index (κ3) is 3.26. The lowest BCUT2D eigenvalue weighted by Gasteiger charge is -2.32. The SMILES string of the molecule is CC1C/C(=N\OS(C)(=O)=O)C2CC(Cl)=CC=C2O1. The van der Waals surface area contributed by atoms with Gasteiger partial charge in [0, 0.05) is 11.5 Å². The van der Waals surface area contributed by atoms with Crippen LogP contribution in [0, 0.1) is 5.92 Å². The van der Waals surface area contributed by atoms with Crippen LogP contribution in [0.2, 0.25) is 0 Å². The predicted octanol–water partition coefficient (Wildman–Crippen LogP) is 2.15. The minimum Gasteiger partial charge on any atom is -0.494 e. The van der Waals surface area contributed by atoms with Crippen molar-refractivity contribution in [1.82, 2.24) is 0 Å². The first-order valence-corrected chi connectivity index (χ1v) is 7.73. The van der Waals surface area contributed by atoms with E-state index in [0.717, 1.165) is 12.0 Å². The second-order valence-electron chi connectivity index (χ2n) is 4.43. The van der Waals surface area contributed by atoms with Crippen LogP contribution in [-0.2, 0) is 19.1 Å². The second kappa shape index (κ2) is 4.93. The average molecular weight is 292 g/mol.